The van der Waals surface area contributed by atoms with Gasteiger partial charge >= 0.3 is 0 Å². The molecule has 0 saturated carbocycles. The molecule has 0 unspecified atom stereocenters. The molecule has 1 fully saturated rings. The van der Waals surface area contributed by atoms with E-state index in [1.807, 2.05) is 0 Å². The zero-order chi connectivity index (χ0) is 13.4. The molecule has 2 rings (SSSR count). The molecule has 1 aromatic rings. The highest BCUT2D eigenvalue weighted by Crippen LogP contribution is 2.29. The predicted octanol–water partition coefficient (Wildman–Crippen LogP) is -0.908. The Morgan fingerprint density at radius 3 is 2.50 bits per heavy atom. The Hall–Kier alpha value is -1.03. The molecule has 0 bridgehead atoms. The second-order valence-electron chi connectivity index (χ2n) is 4.40. The standard InChI is InChI=1S/C9H17N5O3S/c1-7-12-8(13-17-7)9(10)3-5-14(6-4-9)18(15,16)11-2/h11H,3-6,10H2,1-2H3. The summed E-state index contributed by atoms with van der Waals surface area (Å²) in [6.07, 6.45) is 0.930. The van der Waals surface area contributed by atoms with Gasteiger partial charge in [0.1, 0.15) is 0 Å². The Morgan fingerprint density at radius 1 is 1.44 bits per heavy atom. The molecule has 1 aliphatic heterocycles. The van der Waals surface area contributed by atoms with Crippen molar-refractivity contribution in [1.29, 1.82) is 0 Å². The Kier molecular flexibility index (Phi) is 3.41. The molecule has 1 aliphatic rings. The van der Waals surface area contributed by atoms with E-state index in [9.17, 15) is 8.42 Å². The average molecular weight is 275 g/mol. The first kappa shape index (κ1) is 13.4. The maximum Gasteiger partial charge on any atom is 0.279 e. The van der Waals surface area contributed by atoms with Crippen LogP contribution in [0.25, 0.3) is 0 Å². The zero-order valence-electron chi connectivity index (χ0n) is 10.4. The molecule has 0 amide bonds. The Labute approximate surface area is 106 Å². The maximum absolute atomic E-state index is 11.6. The van der Waals surface area contributed by atoms with Crippen LogP contribution in [0.3, 0.4) is 0 Å². The molecule has 0 spiro atoms. The molecule has 1 aromatic heterocycles. The van der Waals surface area contributed by atoms with Crippen molar-refractivity contribution in [2.45, 2.75) is 25.3 Å². The van der Waals surface area contributed by atoms with E-state index in [1.54, 1.807) is 6.92 Å². The van der Waals surface area contributed by atoms with Crippen LogP contribution in [-0.4, -0.2) is 43.0 Å². The summed E-state index contributed by atoms with van der Waals surface area (Å²) in [7, 11) is -1.99. The van der Waals surface area contributed by atoms with E-state index in [0.717, 1.165) is 0 Å². The molecule has 18 heavy (non-hydrogen) atoms. The number of aromatic nitrogens is 2. The van der Waals surface area contributed by atoms with Gasteiger partial charge in [-0.3, -0.25) is 0 Å². The smallest absolute Gasteiger partial charge is 0.279 e. The number of nitrogens with two attached hydrogens (primary N) is 1. The number of hydrogen-bond donors (Lipinski definition) is 2. The number of aryl methyl sites for hydroxylation is 1. The van der Waals surface area contributed by atoms with Crippen LogP contribution in [-0.2, 0) is 15.7 Å². The van der Waals surface area contributed by atoms with E-state index in [4.69, 9.17) is 10.3 Å². The van der Waals surface area contributed by atoms with Gasteiger partial charge in [0.25, 0.3) is 10.2 Å². The Bertz CT molecular complexity index is 518. The molecule has 2 heterocycles. The summed E-state index contributed by atoms with van der Waals surface area (Å²) >= 11 is 0. The van der Waals surface area contributed by atoms with Gasteiger partial charge in [0, 0.05) is 27.1 Å². The third-order valence-corrected chi connectivity index (χ3v) is 4.75. The van der Waals surface area contributed by atoms with Crippen LogP contribution < -0.4 is 10.5 Å². The van der Waals surface area contributed by atoms with Gasteiger partial charge in [-0.15, -0.1) is 0 Å². The summed E-state index contributed by atoms with van der Waals surface area (Å²) in [4.78, 5) is 4.13. The van der Waals surface area contributed by atoms with E-state index in [2.05, 4.69) is 14.9 Å². The first-order chi connectivity index (χ1) is 8.37. The van der Waals surface area contributed by atoms with Gasteiger partial charge in [-0.1, -0.05) is 5.16 Å². The fourth-order valence-electron chi connectivity index (χ4n) is 1.98. The second-order valence-corrected chi connectivity index (χ2v) is 6.28. The van der Waals surface area contributed by atoms with Crippen LogP contribution in [0.1, 0.15) is 24.6 Å². The van der Waals surface area contributed by atoms with Crippen LogP contribution in [0, 0.1) is 6.92 Å². The minimum Gasteiger partial charge on any atom is -0.340 e. The van der Waals surface area contributed by atoms with E-state index in [-0.39, 0.29) is 0 Å². The summed E-state index contributed by atoms with van der Waals surface area (Å²) in [6.45, 7) is 2.38. The van der Waals surface area contributed by atoms with Crippen LogP contribution >= 0.6 is 0 Å². The van der Waals surface area contributed by atoms with Gasteiger partial charge in [0.2, 0.25) is 5.89 Å². The lowest BCUT2D eigenvalue weighted by Crippen LogP contribution is -2.52. The van der Waals surface area contributed by atoms with E-state index < -0.39 is 15.7 Å². The highest BCUT2D eigenvalue weighted by Gasteiger charge is 2.39. The molecule has 8 nitrogen and oxygen atoms in total. The van der Waals surface area contributed by atoms with Crippen molar-refractivity contribution >= 4 is 10.2 Å². The molecule has 3 N–H and O–H groups in total. The lowest BCUT2D eigenvalue weighted by molar-refractivity contribution is 0.221. The quantitative estimate of drug-likeness (QED) is 0.738. The first-order valence-corrected chi connectivity index (χ1v) is 7.10. The summed E-state index contributed by atoms with van der Waals surface area (Å²) in [5, 5.41) is 3.82. The second kappa shape index (κ2) is 4.57. The lowest BCUT2D eigenvalue weighted by atomic mass is 9.89. The van der Waals surface area contributed by atoms with E-state index in [1.165, 1.54) is 11.4 Å². The molecule has 9 heteroatoms. The van der Waals surface area contributed by atoms with Crippen molar-refractivity contribution in [2.75, 3.05) is 20.1 Å². The van der Waals surface area contributed by atoms with Gasteiger partial charge in [0.05, 0.1) is 5.54 Å². The molecular formula is C9H17N5O3S. The van der Waals surface area contributed by atoms with Crippen molar-refractivity contribution in [2.24, 2.45) is 5.73 Å². The lowest BCUT2D eigenvalue weighted by Gasteiger charge is -2.35. The van der Waals surface area contributed by atoms with Crippen LogP contribution in [0.15, 0.2) is 4.52 Å². The Morgan fingerprint density at radius 2 is 2.06 bits per heavy atom. The highest BCUT2D eigenvalue weighted by atomic mass is 32.2. The first-order valence-electron chi connectivity index (χ1n) is 5.66. The normalized spacial score (nSPS) is 21.1. The summed E-state index contributed by atoms with van der Waals surface area (Å²) < 4.78 is 31.8. The third-order valence-electron chi connectivity index (χ3n) is 3.19. The van der Waals surface area contributed by atoms with Gasteiger partial charge in [-0.25, -0.2) is 4.72 Å². The van der Waals surface area contributed by atoms with Gasteiger partial charge in [0.15, 0.2) is 5.82 Å². The van der Waals surface area contributed by atoms with Crippen molar-refractivity contribution in [1.82, 2.24) is 19.2 Å². The van der Waals surface area contributed by atoms with Crippen molar-refractivity contribution in [3.63, 3.8) is 0 Å². The van der Waals surface area contributed by atoms with Crippen molar-refractivity contribution in [3.05, 3.63) is 11.7 Å². The van der Waals surface area contributed by atoms with Crippen molar-refractivity contribution < 1.29 is 12.9 Å². The minimum atomic E-state index is -3.38. The topological polar surface area (TPSA) is 114 Å². The average Bonchev–Trinajstić information content (AvgIpc) is 2.77. The number of nitrogens with zero attached hydrogens (tertiary/aromatic N) is 3. The molecule has 1 saturated heterocycles. The van der Waals surface area contributed by atoms with Gasteiger partial charge in [-0.2, -0.15) is 17.7 Å². The summed E-state index contributed by atoms with van der Waals surface area (Å²) in [5.74, 6) is 0.904. The summed E-state index contributed by atoms with van der Waals surface area (Å²) in [5.41, 5.74) is 5.50. The van der Waals surface area contributed by atoms with Gasteiger partial charge in [-0.05, 0) is 12.8 Å². The molecular weight excluding hydrogens is 258 g/mol. The Balaban J connectivity index is 2.10. The van der Waals surface area contributed by atoms with Crippen molar-refractivity contribution in [3.8, 4) is 0 Å². The predicted molar refractivity (Wildman–Crippen MR) is 63.7 cm³/mol. The minimum absolute atomic E-state index is 0.341. The van der Waals surface area contributed by atoms with Crippen LogP contribution in [0.5, 0.6) is 0 Å². The molecule has 0 aromatic carbocycles. The number of piperidine rings is 1. The number of rotatable bonds is 3. The largest absolute Gasteiger partial charge is 0.340 e. The fourth-order valence-corrected chi connectivity index (χ4v) is 2.90. The van der Waals surface area contributed by atoms with Gasteiger partial charge < -0.3 is 10.3 Å². The summed E-state index contributed by atoms with van der Waals surface area (Å²) in [6, 6.07) is 0. The zero-order valence-corrected chi connectivity index (χ0v) is 11.2. The SMILES string of the molecule is CNS(=O)(=O)N1CCC(N)(c2noc(C)n2)CC1. The molecule has 0 atom stereocenters. The monoisotopic (exact) mass is 275 g/mol. The molecule has 0 radical (unpaired) electrons. The van der Waals surface area contributed by atoms with E-state index in [0.29, 0.717) is 37.6 Å². The van der Waals surface area contributed by atoms with Crippen LogP contribution in [0.2, 0.25) is 0 Å². The molecule has 102 valence electrons. The number of hydrogen-bond acceptors (Lipinski definition) is 6. The third kappa shape index (κ3) is 2.39. The fraction of sp³-hybridized carbons (Fsp3) is 0.778. The van der Waals surface area contributed by atoms with Crippen LogP contribution in [0.4, 0.5) is 0 Å². The highest BCUT2D eigenvalue weighted by molar-refractivity contribution is 7.87. The maximum atomic E-state index is 11.6. The van der Waals surface area contributed by atoms with E-state index >= 15 is 0 Å². The molecule has 0 aliphatic carbocycles. The number of nitrogens with one attached hydrogen (secondary N) is 1.